The van der Waals surface area contributed by atoms with Gasteiger partial charge in [0.15, 0.2) is 11.5 Å². The number of halogens is 2. The normalized spacial score (nSPS) is 13.6. The summed E-state index contributed by atoms with van der Waals surface area (Å²) in [6.45, 7) is 0.955. The van der Waals surface area contributed by atoms with Gasteiger partial charge in [0.05, 0.1) is 12.5 Å². The molecular formula is C10H10ClFO2. The molecule has 0 aliphatic carbocycles. The van der Waals surface area contributed by atoms with Crippen LogP contribution in [0.2, 0.25) is 0 Å². The lowest BCUT2D eigenvalue weighted by Gasteiger charge is -2.08. The van der Waals surface area contributed by atoms with Gasteiger partial charge in [-0.25, -0.2) is 4.39 Å². The van der Waals surface area contributed by atoms with E-state index in [-0.39, 0.29) is 5.82 Å². The van der Waals surface area contributed by atoms with Crippen LogP contribution in [0.1, 0.15) is 5.56 Å². The van der Waals surface area contributed by atoms with Crippen molar-refractivity contribution in [1.29, 1.82) is 0 Å². The van der Waals surface area contributed by atoms with E-state index >= 15 is 0 Å². The van der Waals surface area contributed by atoms with Gasteiger partial charge in [0, 0.05) is 18.1 Å². The zero-order chi connectivity index (χ0) is 9.97. The summed E-state index contributed by atoms with van der Waals surface area (Å²) >= 11 is 5.48. The monoisotopic (exact) mass is 216 g/mol. The summed E-state index contributed by atoms with van der Waals surface area (Å²) in [6.07, 6.45) is 0.740. The molecule has 2 rings (SSSR count). The van der Waals surface area contributed by atoms with Gasteiger partial charge >= 0.3 is 0 Å². The lowest BCUT2D eigenvalue weighted by Crippen LogP contribution is -2.00. The van der Waals surface area contributed by atoms with Crippen molar-refractivity contribution in [2.24, 2.45) is 0 Å². The number of alkyl halides is 1. The van der Waals surface area contributed by atoms with Crippen molar-refractivity contribution >= 4 is 11.6 Å². The quantitative estimate of drug-likeness (QED) is 0.723. The topological polar surface area (TPSA) is 18.5 Å². The Morgan fingerprint density at radius 1 is 1.50 bits per heavy atom. The fourth-order valence-corrected chi connectivity index (χ4v) is 1.57. The maximum Gasteiger partial charge on any atom is 0.164 e. The summed E-state index contributed by atoms with van der Waals surface area (Å²) in [7, 11) is 0. The first-order chi connectivity index (χ1) is 6.81. The van der Waals surface area contributed by atoms with Crippen molar-refractivity contribution in [3.05, 3.63) is 23.5 Å². The van der Waals surface area contributed by atoms with Crippen molar-refractivity contribution in [1.82, 2.24) is 0 Å². The van der Waals surface area contributed by atoms with Crippen molar-refractivity contribution in [3.63, 3.8) is 0 Å². The molecule has 0 fully saturated rings. The Morgan fingerprint density at radius 2 is 2.36 bits per heavy atom. The van der Waals surface area contributed by atoms with E-state index < -0.39 is 0 Å². The Balaban J connectivity index is 2.29. The molecule has 1 heterocycles. The van der Waals surface area contributed by atoms with Gasteiger partial charge in [-0.2, -0.15) is 0 Å². The first-order valence-corrected chi connectivity index (χ1v) is 4.98. The van der Waals surface area contributed by atoms with Gasteiger partial charge < -0.3 is 9.47 Å². The second kappa shape index (κ2) is 4.05. The zero-order valence-electron chi connectivity index (χ0n) is 7.56. The van der Waals surface area contributed by atoms with Crippen molar-refractivity contribution in [2.45, 2.75) is 6.42 Å². The molecule has 0 amide bonds. The van der Waals surface area contributed by atoms with Gasteiger partial charge in [-0.3, -0.25) is 0 Å². The first kappa shape index (κ1) is 9.59. The molecule has 0 radical (unpaired) electrons. The molecule has 1 aromatic rings. The molecule has 0 saturated heterocycles. The van der Waals surface area contributed by atoms with Crippen LogP contribution in [0.15, 0.2) is 12.1 Å². The molecule has 0 bridgehead atoms. The third-order valence-electron chi connectivity index (χ3n) is 2.05. The first-order valence-electron chi connectivity index (χ1n) is 4.45. The third kappa shape index (κ3) is 1.77. The van der Waals surface area contributed by atoms with Crippen molar-refractivity contribution < 1.29 is 13.9 Å². The molecule has 14 heavy (non-hydrogen) atoms. The van der Waals surface area contributed by atoms with E-state index in [2.05, 4.69) is 0 Å². The molecule has 0 unspecified atom stereocenters. The predicted molar refractivity (Wildman–Crippen MR) is 51.8 cm³/mol. The van der Waals surface area contributed by atoms with E-state index in [9.17, 15) is 4.39 Å². The van der Waals surface area contributed by atoms with Gasteiger partial charge in [0.25, 0.3) is 0 Å². The van der Waals surface area contributed by atoms with Gasteiger partial charge in [0.1, 0.15) is 12.4 Å². The summed E-state index contributed by atoms with van der Waals surface area (Å²) in [5.74, 6) is 1.21. The van der Waals surface area contributed by atoms with Crippen LogP contribution < -0.4 is 9.47 Å². The summed E-state index contributed by atoms with van der Waals surface area (Å²) in [6, 6.07) is 2.81. The van der Waals surface area contributed by atoms with Crippen LogP contribution in [-0.2, 0) is 6.42 Å². The number of rotatable bonds is 3. The molecule has 1 aliphatic heterocycles. The maximum absolute atomic E-state index is 13.1. The maximum atomic E-state index is 13.1. The SMILES string of the molecule is Fc1cc2c(c(OCCCl)c1)OCC2. The van der Waals surface area contributed by atoms with Crippen LogP contribution >= 0.6 is 11.6 Å². The third-order valence-corrected chi connectivity index (χ3v) is 2.20. The Labute approximate surface area is 86.6 Å². The van der Waals surface area contributed by atoms with E-state index in [1.54, 1.807) is 0 Å². The fourth-order valence-electron chi connectivity index (χ4n) is 1.49. The minimum Gasteiger partial charge on any atom is -0.489 e. The van der Waals surface area contributed by atoms with Gasteiger partial charge in [-0.15, -0.1) is 11.6 Å². The number of benzene rings is 1. The van der Waals surface area contributed by atoms with E-state index in [1.807, 2.05) is 0 Å². The van der Waals surface area contributed by atoms with Crippen LogP contribution in [0.4, 0.5) is 4.39 Å². The average molecular weight is 217 g/mol. The molecule has 0 spiro atoms. The highest BCUT2D eigenvalue weighted by molar-refractivity contribution is 6.18. The van der Waals surface area contributed by atoms with Gasteiger partial charge in [-0.1, -0.05) is 0 Å². The van der Waals surface area contributed by atoms with Gasteiger partial charge in [0.2, 0.25) is 0 Å². The highest BCUT2D eigenvalue weighted by Crippen LogP contribution is 2.36. The van der Waals surface area contributed by atoms with Crippen molar-refractivity contribution in [3.8, 4) is 11.5 Å². The van der Waals surface area contributed by atoms with Gasteiger partial charge in [-0.05, 0) is 6.07 Å². The fraction of sp³-hybridized carbons (Fsp3) is 0.400. The molecular weight excluding hydrogens is 207 g/mol. The van der Waals surface area contributed by atoms with Crippen molar-refractivity contribution in [2.75, 3.05) is 19.1 Å². The van der Waals surface area contributed by atoms with E-state index in [4.69, 9.17) is 21.1 Å². The number of ether oxygens (including phenoxy) is 2. The molecule has 0 atom stereocenters. The Morgan fingerprint density at radius 3 is 3.14 bits per heavy atom. The standard InChI is InChI=1S/C10H10ClFO2/c11-2-4-13-9-6-8(12)5-7-1-3-14-10(7)9/h5-6H,1-4H2. The Bertz CT molecular complexity index is 341. The van der Waals surface area contributed by atoms with E-state index in [0.29, 0.717) is 30.6 Å². The summed E-state index contributed by atoms with van der Waals surface area (Å²) < 4.78 is 23.7. The lowest BCUT2D eigenvalue weighted by atomic mass is 10.1. The molecule has 4 heteroatoms. The summed E-state index contributed by atoms with van der Waals surface area (Å²) in [5, 5.41) is 0. The molecule has 0 saturated carbocycles. The lowest BCUT2D eigenvalue weighted by molar-refractivity contribution is 0.298. The van der Waals surface area contributed by atoms with Crippen LogP contribution in [-0.4, -0.2) is 19.1 Å². The van der Waals surface area contributed by atoms with Crippen LogP contribution in [0.3, 0.4) is 0 Å². The predicted octanol–water partition coefficient (Wildman–Crippen LogP) is 2.38. The van der Waals surface area contributed by atoms with E-state index in [0.717, 1.165) is 12.0 Å². The second-order valence-electron chi connectivity index (χ2n) is 3.03. The molecule has 2 nitrogen and oxygen atoms in total. The molecule has 1 aromatic carbocycles. The Kier molecular flexibility index (Phi) is 2.77. The second-order valence-corrected chi connectivity index (χ2v) is 3.41. The highest BCUT2D eigenvalue weighted by atomic mass is 35.5. The minimum absolute atomic E-state index is 0.293. The smallest absolute Gasteiger partial charge is 0.164 e. The largest absolute Gasteiger partial charge is 0.489 e. The molecule has 76 valence electrons. The number of fused-ring (bicyclic) bond motifs is 1. The van der Waals surface area contributed by atoms with E-state index in [1.165, 1.54) is 12.1 Å². The zero-order valence-corrected chi connectivity index (χ0v) is 8.31. The molecule has 0 aromatic heterocycles. The van der Waals surface area contributed by atoms with Crippen LogP contribution in [0, 0.1) is 5.82 Å². The summed E-state index contributed by atoms with van der Waals surface area (Å²) in [4.78, 5) is 0. The van der Waals surface area contributed by atoms with Crippen LogP contribution in [0.25, 0.3) is 0 Å². The minimum atomic E-state index is -0.293. The Hall–Kier alpha value is -0.960. The highest BCUT2D eigenvalue weighted by Gasteiger charge is 2.18. The average Bonchev–Trinajstić information content (AvgIpc) is 2.61. The van der Waals surface area contributed by atoms with Crippen LogP contribution in [0.5, 0.6) is 11.5 Å². The summed E-state index contributed by atoms with van der Waals surface area (Å²) in [5.41, 5.74) is 0.870. The molecule has 0 N–H and O–H groups in total. The number of hydrogen-bond acceptors (Lipinski definition) is 2. The number of hydrogen-bond donors (Lipinski definition) is 0. The molecule has 1 aliphatic rings.